The van der Waals surface area contributed by atoms with Gasteiger partial charge in [0.25, 0.3) is 0 Å². The molecule has 1 aromatic heterocycles. The first-order chi connectivity index (χ1) is 7.69. The normalized spacial score (nSPS) is 17.7. The molecule has 88 valence electrons. The van der Waals surface area contributed by atoms with E-state index < -0.39 is 0 Å². The van der Waals surface area contributed by atoms with Crippen molar-refractivity contribution in [1.82, 2.24) is 9.97 Å². The average Bonchev–Trinajstić information content (AvgIpc) is 2.26. The van der Waals surface area contributed by atoms with E-state index in [1.807, 2.05) is 0 Å². The fourth-order valence-corrected chi connectivity index (χ4v) is 2.14. The molecule has 2 rings (SSSR count). The summed E-state index contributed by atoms with van der Waals surface area (Å²) in [6, 6.07) is 0. The molecule has 1 aromatic rings. The number of nitrogens with one attached hydrogen (secondary N) is 2. The maximum Gasteiger partial charge on any atom is 0.224 e. The molecule has 4 nitrogen and oxygen atoms in total. The zero-order chi connectivity index (χ0) is 11.6. The Hall–Kier alpha value is -1.03. The third-order valence-electron chi connectivity index (χ3n) is 3.34. The molecule has 0 spiro atoms. The van der Waals surface area contributed by atoms with E-state index in [0.29, 0.717) is 11.0 Å². The minimum Gasteiger partial charge on any atom is -0.363 e. The van der Waals surface area contributed by atoms with Gasteiger partial charge in [-0.3, -0.25) is 0 Å². The van der Waals surface area contributed by atoms with Gasteiger partial charge in [0.05, 0.1) is 6.20 Å². The van der Waals surface area contributed by atoms with E-state index >= 15 is 0 Å². The standard InChI is InChI=1S/C11H17ClN4/c1-3-11(5-4-6-11)16-9-8(12)7-14-10(13-2)15-9/h7H,3-6H2,1-2H3,(H2,13,14,15,16). The summed E-state index contributed by atoms with van der Waals surface area (Å²) in [6.07, 6.45) is 6.40. The molecule has 1 fully saturated rings. The van der Waals surface area contributed by atoms with E-state index in [9.17, 15) is 0 Å². The lowest BCUT2D eigenvalue weighted by Crippen LogP contribution is -2.44. The van der Waals surface area contributed by atoms with Crippen LogP contribution in [0.1, 0.15) is 32.6 Å². The van der Waals surface area contributed by atoms with Gasteiger partial charge in [-0.2, -0.15) is 4.98 Å². The average molecular weight is 241 g/mol. The number of anilines is 2. The molecule has 1 saturated carbocycles. The lowest BCUT2D eigenvalue weighted by molar-refractivity contribution is 0.269. The van der Waals surface area contributed by atoms with Gasteiger partial charge < -0.3 is 10.6 Å². The molecule has 0 saturated heterocycles. The van der Waals surface area contributed by atoms with E-state index in [2.05, 4.69) is 27.5 Å². The van der Waals surface area contributed by atoms with Crippen molar-refractivity contribution in [3.8, 4) is 0 Å². The SMILES string of the molecule is CCC1(Nc2nc(NC)ncc2Cl)CCC1. The lowest BCUT2D eigenvalue weighted by atomic mass is 9.75. The Morgan fingerprint density at radius 3 is 2.75 bits per heavy atom. The summed E-state index contributed by atoms with van der Waals surface area (Å²) in [5, 5.41) is 6.96. The zero-order valence-electron chi connectivity index (χ0n) is 9.68. The molecular formula is C11H17ClN4. The summed E-state index contributed by atoms with van der Waals surface area (Å²) < 4.78 is 0. The summed E-state index contributed by atoms with van der Waals surface area (Å²) in [5.74, 6) is 1.33. The van der Waals surface area contributed by atoms with Crippen LogP contribution in [0.3, 0.4) is 0 Å². The molecule has 0 radical (unpaired) electrons. The second-order valence-electron chi connectivity index (χ2n) is 4.25. The number of rotatable bonds is 4. The van der Waals surface area contributed by atoms with Crippen LogP contribution < -0.4 is 10.6 Å². The molecule has 1 aliphatic carbocycles. The highest BCUT2D eigenvalue weighted by Crippen LogP contribution is 2.38. The van der Waals surface area contributed by atoms with Crippen LogP contribution in [0.2, 0.25) is 5.02 Å². The Morgan fingerprint density at radius 1 is 1.50 bits per heavy atom. The number of nitrogens with zero attached hydrogens (tertiary/aromatic N) is 2. The smallest absolute Gasteiger partial charge is 0.224 e. The van der Waals surface area contributed by atoms with Gasteiger partial charge in [0.15, 0.2) is 5.82 Å². The Morgan fingerprint density at radius 2 is 2.25 bits per heavy atom. The van der Waals surface area contributed by atoms with Crippen molar-refractivity contribution in [3.63, 3.8) is 0 Å². The molecule has 0 aromatic carbocycles. The van der Waals surface area contributed by atoms with Crippen LogP contribution in [-0.2, 0) is 0 Å². The number of hydrogen-bond acceptors (Lipinski definition) is 4. The molecule has 0 bridgehead atoms. The van der Waals surface area contributed by atoms with Gasteiger partial charge in [-0.05, 0) is 25.7 Å². The summed E-state index contributed by atoms with van der Waals surface area (Å²) in [4.78, 5) is 8.40. The first kappa shape index (κ1) is 11.5. The van der Waals surface area contributed by atoms with Crippen LogP contribution in [0.4, 0.5) is 11.8 Å². The Bertz CT molecular complexity index is 371. The second kappa shape index (κ2) is 4.45. The van der Waals surface area contributed by atoms with Crippen LogP contribution >= 0.6 is 11.6 Å². The molecule has 0 atom stereocenters. The van der Waals surface area contributed by atoms with Gasteiger partial charge in [-0.15, -0.1) is 0 Å². The van der Waals surface area contributed by atoms with Gasteiger partial charge >= 0.3 is 0 Å². The van der Waals surface area contributed by atoms with Gasteiger partial charge in [0.2, 0.25) is 5.95 Å². The van der Waals surface area contributed by atoms with E-state index in [-0.39, 0.29) is 5.54 Å². The molecule has 5 heteroatoms. The molecule has 2 N–H and O–H groups in total. The summed E-state index contributed by atoms with van der Waals surface area (Å²) in [5.41, 5.74) is 0.197. The van der Waals surface area contributed by atoms with Crippen molar-refractivity contribution in [2.45, 2.75) is 38.1 Å². The van der Waals surface area contributed by atoms with E-state index in [1.165, 1.54) is 19.3 Å². The maximum absolute atomic E-state index is 6.08. The van der Waals surface area contributed by atoms with Crippen LogP contribution in [0.5, 0.6) is 0 Å². The van der Waals surface area contributed by atoms with E-state index in [0.717, 1.165) is 12.2 Å². The lowest BCUT2D eigenvalue weighted by Gasteiger charge is -2.42. The van der Waals surface area contributed by atoms with Crippen LogP contribution in [0.15, 0.2) is 6.20 Å². The number of hydrogen-bond donors (Lipinski definition) is 2. The Balaban J connectivity index is 2.19. The molecule has 16 heavy (non-hydrogen) atoms. The summed E-state index contributed by atoms with van der Waals surface area (Å²) in [6.45, 7) is 2.19. The topological polar surface area (TPSA) is 49.8 Å². The minimum absolute atomic E-state index is 0.197. The van der Waals surface area contributed by atoms with Gasteiger partial charge in [0.1, 0.15) is 5.02 Å². The third-order valence-corrected chi connectivity index (χ3v) is 3.62. The highest BCUT2D eigenvalue weighted by Gasteiger charge is 2.35. The quantitative estimate of drug-likeness (QED) is 0.850. The fourth-order valence-electron chi connectivity index (χ4n) is 2.00. The zero-order valence-corrected chi connectivity index (χ0v) is 10.4. The molecule has 0 unspecified atom stereocenters. The Kier molecular flexibility index (Phi) is 3.19. The monoisotopic (exact) mass is 240 g/mol. The maximum atomic E-state index is 6.08. The van der Waals surface area contributed by atoms with Gasteiger partial charge in [0, 0.05) is 12.6 Å². The van der Waals surface area contributed by atoms with Crippen molar-refractivity contribution in [3.05, 3.63) is 11.2 Å². The van der Waals surface area contributed by atoms with Crippen molar-refractivity contribution >= 4 is 23.4 Å². The summed E-state index contributed by atoms with van der Waals surface area (Å²) in [7, 11) is 1.80. The van der Waals surface area contributed by atoms with Gasteiger partial charge in [-0.25, -0.2) is 4.98 Å². The van der Waals surface area contributed by atoms with Crippen LogP contribution in [-0.4, -0.2) is 22.6 Å². The minimum atomic E-state index is 0.197. The number of halogens is 1. The van der Waals surface area contributed by atoms with Crippen molar-refractivity contribution < 1.29 is 0 Å². The Labute approximate surface area is 101 Å². The number of aromatic nitrogens is 2. The van der Waals surface area contributed by atoms with Crippen molar-refractivity contribution in [1.29, 1.82) is 0 Å². The largest absolute Gasteiger partial charge is 0.363 e. The molecule has 0 aliphatic heterocycles. The third kappa shape index (κ3) is 2.07. The molecular weight excluding hydrogens is 224 g/mol. The predicted octanol–water partition coefficient (Wildman–Crippen LogP) is 2.92. The first-order valence-corrected chi connectivity index (χ1v) is 6.05. The molecule has 1 aliphatic rings. The van der Waals surface area contributed by atoms with E-state index in [1.54, 1.807) is 13.2 Å². The van der Waals surface area contributed by atoms with Gasteiger partial charge in [-0.1, -0.05) is 18.5 Å². The predicted molar refractivity (Wildman–Crippen MR) is 67.1 cm³/mol. The highest BCUT2D eigenvalue weighted by molar-refractivity contribution is 6.32. The fraction of sp³-hybridized carbons (Fsp3) is 0.636. The first-order valence-electron chi connectivity index (χ1n) is 5.67. The summed E-state index contributed by atoms with van der Waals surface area (Å²) >= 11 is 6.08. The van der Waals surface area contributed by atoms with Crippen molar-refractivity contribution in [2.75, 3.05) is 17.7 Å². The molecule has 1 heterocycles. The van der Waals surface area contributed by atoms with Crippen molar-refractivity contribution in [2.24, 2.45) is 0 Å². The van der Waals surface area contributed by atoms with Crippen LogP contribution in [0.25, 0.3) is 0 Å². The second-order valence-corrected chi connectivity index (χ2v) is 4.66. The highest BCUT2D eigenvalue weighted by atomic mass is 35.5. The van der Waals surface area contributed by atoms with E-state index in [4.69, 9.17) is 11.6 Å². The molecule has 0 amide bonds. The van der Waals surface area contributed by atoms with Crippen LogP contribution in [0, 0.1) is 0 Å².